The first-order chi connectivity index (χ1) is 12.6. The highest BCUT2D eigenvalue weighted by molar-refractivity contribution is 5.89. The lowest BCUT2D eigenvalue weighted by Crippen LogP contribution is -2.48. The van der Waals surface area contributed by atoms with Crippen molar-refractivity contribution in [2.75, 3.05) is 0 Å². The highest BCUT2D eigenvalue weighted by atomic mass is 16.3. The molecule has 1 saturated carbocycles. The smallest absolute Gasteiger partial charge is 0.322 e. The molecule has 0 radical (unpaired) electrons. The van der Waals surface area contributed by atoms with Gasteiger partial charge in [-0.05, 0) is 60.7 Å². The highest BCUT2D eigenvalue weighted by Gasteiger charge is 2.34. The predicted molar refractivity (Wildman–Crippen MR) is 103 cm³/mol. The van der Waals surface area contributed by atoms with Crippen LogP contribution < -0.4 is 5.32 Å². The van der Waals surface area contributed by atoms with E-state index >= 15 is 0 Å². The molecule has 1 heterocycles. The molecule has 2 aromatic rings. The number of phenolic OH excluding ortho intramolecular Hbond substituents is 1. The summed E-state index contributed by atoms with van der Waals surface area (Å²) in [5.41, 5.74) is 3.80. The summed E-state index contributed by atoms with van der Waals surface area (Å²) < 4.78 is 0. The number of aryl methyl sites for hydroxylation is 1. The Hall–Kier alpha value is -2.75. The molecule has 1 aliphatic heterocycles. The van der Waals surface area contributed by atoms with E-state index in [4.69, 9.17) is 0 Å². The molecular weight excluding hydrogens is 324 g/mol. The van der Waals surface area contributed by atoms with Gasteiger partial charge in [0.1, 0.15) is 5.75 Å². The standard InChI is InChI=1S/C22H24N2O2/c1-15-13-17(11-12-21(15)25)20-14-19(16-7-3-2-4-8-16)23-22(26)24(20)18-9-5-6-10-18/h2-4,7-8,11-14,18-19,25H,5-6,9-10H2,1H3,(H,23,26). The second-order valence-corrected chi connectivity index (χ2v) is 7.20. The van der Waals surface area contributed by atoms with Crippen LogP contribution in [0.1, 0.15) is 48.4 Å². The van der Waals surface area contributed by atoms with Crippen LogP contribution in [0, 0.1) is 6.92 Å². The van der Waals surface area contributed by atoms with Gasteiger partial charge in [-0.1, -0.05) is 43.2 Å². The lowest BCUT2D eigenvalue weighted by Gasteiger charge is -2.37. The van der Waals surface area contributed by atoms with Crippen LogP contribution in [0.5, 0.6) is 5.75 Å². The van der Waals surface area contributed by atoms with Gasteiger partial charge in [0, 0.05) is 6.04 Å². The molecule has 0 spiro atoms. The van der Waals surface area contributed by atoms with Crippen molar-refractivity contribution in [2.45, 2.75) is 44.7 Å². The second kappa shape index (κ2) is 6.87. The number of carbonyl (C=O) groups excluding carboxylic acids is 1. The number of aromatic hydroxyl groups is 1. The molecule has 0 bridgehead atoms. The fourth-order valence-corrected chi connectivity index (χ4v) is 4.01. The molecule has 2 aromatic carbocycles. The first-order valence-electron chi connectivity index (χ1n) is 9.30. The third kappa shape index (κ3) is 3.07. The Morgan fingerprint density at radius 2 is 1.81 bits per heavy atom. The Morgan fingerprint density at radius 3 is 2.50 bits per heavy atom. The minimum atomic E-state index is -0.148. The van der Waals surface area contributed by atoms with E-state index in [1.807, 2.05) is 54.3 Å². The molecule has 0 aromatic heterocycles. The van der Waals surface area contributed by atoms with Crippen molar-refractivity contribution in [3.8, 4) is 5.75 Å². The molecule has 1 fully saturated rings. The topological polar surface area (TPSA) is 52.6 Å². The molecule has 4 nitrogen and oxygen atoms in total. The molecule has 26 heavy (non-hydrogen) atoms. The summed E-state index contributed by atoms with van der Waals surface area (Å²) >= 11 is 0. The van der Waals surface area contributed by atoms with E-state index < -0.39 is 0 Å². The molecule has 1 unspecified atom stereocenters. The van der Waals surface area contributed by atoms with Gasteiger partial charge in [-0.3, -0.25) is 4.90 Å². The summed E-state index contributed by atoms with van der Waals surface area (Å²) in [5.74, 6) is 0.279. The summed E-state index contributed by atoms with van der Waals surface area (Å²) in [7, 11) is 0. The van der Waals surface area contributed by atoms with E-state index in [2.05, 4.69) is 11.4 Å². The molecule has 4 heteroatoms. The number of hydrogen-bond acceptors (Lipinski definition) is 2. The van der Waals surface area contributed by atoms with Gasteiger partial charge in [0.15, 0.2) is 0 Å². The molecule has 2 N–H and O–H groups in total. The SMILES string of the molecule is Cc1cc(C2=CC(c3ccccc3)NC(=O)N2C2CCCC2)ccc1O. The normalized spacial score (nSPS) is 20.8. The summed E-state index contributed by atoms with van der Waals surface area (Å²) in [6.07, 6.45) is 6.55. The Balaban J connectivity index is 1.79. The molecule has 2 aliphatic rings. The third-order valence-corrected chi connectivity index (χ3v) is 5.42. The fraction of sp³-hybridized carbons (Fsp3) is 0.318. The van der Waals surface area contributed by atoms with E-state index in [1.165, 1.54) is 12.8 Å². The number of phenols is 1. The fourth-order valence-electron chi connectivity index (χ4n) is 4.01. The monoisotopic (exact) mass is 348 g/mol. The average molecular weight is 348 g/mol. The zero-order valence-electron chi connectivity index (χ0n) is 15.0. The third-order valence-electron chi connectivity index (χ3n) is 5.42. The van der Waals surface area contributed by atoms with Crippen LogP contribution in [0.3, 0.4) is 0 Å². The molecule has 134 valence electrons. The summed E-state index contributed by atoms with van der Waals surface area (Å²) in [5, 5.41) is 13.0. The van der Waals surface area contributed by atoms with Gasteiger partial charge in [-0.15, -0.1) is 0 Å². The zero-order valence-corrected chi connectivity index (χ0v) is 15.0. The van der Waals surface area contributed by atoms with Crippen LogP contribution in [0.25, 0.3) is 5.70 Å². The van der Waals surface area contributed by atoms with Crippen LogP contribution in [-0.4, -0.2) is 22.1 Å². The Bertz CT molecular complexity index is 838. The number of nitrogens with zero attached hydrogens (tertiary/aromatic N) is 1. The van der Waals surface area contributed by atoms with Crippen molar-refractivity contribution in [1.29, 1.82) is 0 Å². The van der Waals surface area contributed by atoms with E-state index in [1.54, 1.807) is 6.07 Å². The number of urea groups is 1. The first-order valence-corrected chi connectivity index (χ1v) is 9.30. The molecular formula is C22H24N2O2. The largest absolute Gasteiger partial charge is 0.508 e. The summed E-state index contributed by atoms with van der Waals surface area (Å²) in [6, 6.07) is 15.7. The van der Waals surface area contributed by atoms with Crippen LogP contribution >= 0.6 is 0 Å². The van der Waals surface area contributed by atoms with Crippen molar-refractivity contribution >= 4 is 11.7 Å². The van der Waals surface area contributed by atoms with E-state index in [0.29, 0.717) is 0 Å². The maximum absolute atomic E-state index is 13.0. The maximum Gasteiger partial charge on any atom is 0.322 e. The van der Waals surface area contributed by atoms with Crippen molar-refractivity contribution in [3.63, 3.8) is 0 Å². The van der Waals surface area contributed by atoms with Crippen molar-refractivity contribution in [1.82, 2.24) is 10.2 Å². The van der Waals surface area contributed by atoms with Gasteiger partial charge in [0.05, 0.1) is 11.7 Å². The van der Waals surface area contributed by atoms with Crippen LogP contribution in [-0.2, 0) is 0 Å². The van der Waals surface area contributed by atoms with Gasteiger partial charge in [0.2, 0.25) is 0 Å². The van der Waals surface area contributed by atoms with Gasteiger partial charge in [-0.25, -0.2) is 4.79 Å². The number of nitrogens with one attached hydrogen (secondary N) is 1. The lowest BCUT2D eigenvalue weighted by atomic mass is 9.98. The summed E-state index contributed by atoms with van der Waals surface area (Å²) in [4.78, 5) is 15.0. The minimum Gasteiger partial charge on any atom is -0.508 e. The van der Waals surface area contributed by atoms with Crippen LogP contribution in [0.15, 0.2) is 54.6 Å². The maximum atomic E-state index is 13.0. The second-order valence-electron chi connectivity index (χ2n) is 7.20. The zero-order chi connectivity index (χ0) is 18.1. The molecule has 2 amide bonds. The Labute approximate surface area is 154 Å². The molecule has 1 atom stereocenters. The number of carbonyl (C=O) groups is 1. The van der Waals surface area contributed by atoms with E-state index in [-0.39, 0.29) is 23.9 Å². The van der Waals surface area contributed by atoms with Crippen molar-refractivity contribution in [3.05, 3.63) is 71.3 Å². The van der Waals surface area contributed by atoms with Crippen molar-refractivity contribution in [2.24, 2.45) is 0 Å². The molecule has 1 aliphatic carbocycles. The first kappa shape index (κ1) is 16.7. The van der Waals surface area contributed by atoms with E-state index in [0.717, 1.165) is 35.2 Å². The van der Waals surface area contributed by atoms with Crippen LogP contribution in [0.2, 0.25) is 0 Å². The minimum absolute atomic E-state index is 0.0334. The Kier molecular flexibility index (Phi) is 4.41. The number of amides is 2. The molecule has 0 saturated heterocycles. The highest BCUT2D eigenvalue weighted by Crippen LogP contribution is 2.36. The quantitative estimate of drug-likeness (QED) is 0.841. The Morgan fingerprint density at radius 1 is 1.08 bits per heavy atom. The van der Waals surface area contributed by atoms with Gasteiger partial charge < -0.3 is 10.4 Å². The molecule has 4 rings (SSSR count). The average Bonchev–Trinajstić information content (AvgIpc) is 3.18. The lowest BCUT2D eigenvalue weighted by molar-refractivity contribution is 0.198. The number of benzene rings is 2. The number of hydrogen-bond donors (Lipinski definition) is 2. The van der Waals surface area contributed by atoms with Crippen LogP contribution in [0.4, 0.5) is 4.79 Å². The number of rotatable bonds is 3. The van der Waals surface area contributed by atoms with Gasteiger partial charge in [0.25, 0.3) is 0 Å². The van der Waals surface area contributed by atoms with Gasteiger partial charge >= 0.3 is 6.03 Å². The van der Waals surface area contributed by atoms with Crippen molar-refractivity contribution < 1.29 is 9.90 Å². The summed E-state index contributed by atoms with van der Waals surface area (Å²) in [6.45, 7) is 1.89. The van der Waals surface area contributed by atoms with Gasteiger partial charge in [-0.2, -0.15) is 0 Å². The van der Waals surface area contributed by atoms with E-state index in [9.17, 15) is 9.90 Å². The predicted octanol–water partition coefficient (Wildman–Crippen LogP) is 4.75.